The Labute approximate surface area is 201 Å². The van der Waals surface area contributed by atoms with E-state index in [1.807, 2.05) is 5.32 Å². The van der Waals surface area contributed by atoms with Crippen LogP contribution in [0.15, 0.2) is 66.1 Å². The largest absolute Gasteiger partial charge is 0.425 e. The zero-order valence-electron chi connectivity index (χ0n) is 19.5. The van der Waals surface area contributed by atoms with Crippen LogP contribution in [0, 0.1) is 5.41 Å². The molecule has 1 N–H and O–H groups in total. The summed E-state index contributed by atoms with van der Waals surface area (Å²) in [6.45, 7) is 3.35. The summed E-state index contributed by atoms with van der Waals surface area (Å²) in [5, 5.41) is 1.98. The molecule has 0 spiro atoms. The lowest BCUT2D eigenvalue weighted by molar-refractivity contribution is -0.194. The molecule has 0 unspecified atom stereocenters. The van der Waals surface area contributed by atoms with Crippen molar-refractivity contribution in [1.29, 1.82) is 0 Å². The lowest BCUT2D eigenvalue weighted by Gasteiger charge is -2.35. The second-order valence-electron chi connectivity index (χ2n) is 9.80. The monoisotopic (exact) mass is 485 g/mol. The summed E-state index contributed by atoms with van der Waals surface area (Å²) in [5.74, 6) is -3.09. The highest BCUT2D eigenvalue weighted by Crippen LogP contribution is 2.52. The molecule has 1 aromatic heterocycles. The third-order valence-corrected chi connectivity index (χ3v) is 6.42. The van der Waals surface area contributed by atoms with Gasteiger partial charge in [-0.25, -0.2) is 0 Å². The summed E-state index contributed by atoms with van der Waals surface area (Å²) in [6, 6.07) is 12.1. The molecule has 2 heterocycles. The first-order valence-corrected chi connectivity index (χ1v) is 11.3. The maximum Gasteiger partial charge on any atom is 0.425 e. The van der Waals surface area contributed by atoms with Crippen molar-refractivity contribution in [1.82, 2.24) is 15.2 Å². The van der Waals surface area contributed by atoms with Gasteiger partial charge in [-0.15, -0.1) is 0 Å². The molecule has 9 heteroatoms. The number of carbonyl (C=O) groups is 3. The zero-order valence-corrected chi connectivity index (χ0v) is 19.5. The number of allylic oxidation sites excluding steroid dienone is 1. The van der Waals surface area contributed by atoms with E-state index in [-0.39, 0.29) is 37.9 Å². The van der Waals surface area contributed by atoms with Crippen molar-refractivity contribution >= 4 is 17.6 Å². The van der Waals surface area contributed by atoms with Crippen molar-refractivity contribution in [3.05, 3.63) is 77.3 Å². The summed E-state index contributed by atoms with van der Waals surface area (Å²) >= 11 is 0. The number of pyridine rings is 1. The van der Waals surface area contributed by atoms with E-state index in [2.05, 4.69) is 4.98 Å². The summed E-state index contributed by atoms with van der Waals surface area (Å²) < 4.78 is 44.3. The van der Waals surface area contributed by atoms with Crippen LogP contribution in [0.5, 0.6) is 0 Å². The smallest absolute Gasteiger partial charge is 0.330 e. The molecular formula is C26H26F3N3O3. The van der Waals surface area contributed by atoms with Crippen molar-refractivity contribution in [2.24, 2.45) is 5.41 Å². The average Bonchev–Trinajstić information content (AvgIpc) is 3.01. The van der Waals surface area contributed by atoms with E-state index < -0.39 is 40.3 Å². The second-order valence-corrected chi connectivity index (χ2v) is 9.80. The fraction of sp³-hybridized carbons (Fsp3) is 0.385. The third-order valence-electron chi connectivity index (χ3n) is 6.42. The number of aryl methyl sites for hydroxylation is 1. The van der Waals surface area contributed by atoms with Gasteiger partial charge in [0, 0.05) is 30.9 Å². The molecule has 1 atom stereocenters. The number of Topliss-reactive ketones (excluding diaryl/α,β-unsaturated/α-hetero) is 1. The number of halogens is 3. The molecule has 0 fully saturated rings. The Hall–Kier alpha value is -3.49. The Morgan fingerprint density at radius 2 is 1.74 bits per heavy atom. The van der Waals surface area contributed by atoms with E-state index in [0.717, 1.165) is 10.5 Å². The van der Waals surface area contributed by atoms with Crippen molar-refractivity contribution in [2.75, 3.05) is 0 Å². The lowest BCUT2D eigenvalue weighted by atomic mass is 9.72. The van der Waals surface area contributed by atoms with Gasteiger partial charge in [-0.2, -0.15) is 13.2 Å². The molecule has 1 aliphatic heterocycles. The molecule has 35 heavy (non-hydrogen) atoms. The number of carbonyl (C=O) groups excluding carboxylic acids is 3. The minimum absolute atomic E-state index is 0.0146. The number of rotatable bonds is 6. The maximum atomic E-state index is 14.8. The van der Waals surface area contributed by atoms with Crippen LogP contribution in [0.25, 0.3) is 0 Å². The fourth-order valence-electron chi connectivity index (χ4n) is 4.84. The normalized spacial score (nSPS) is 21.8. The summed E-state index contributed by atoms with van der Waals surface area (Å²) in [4.78, 5) is 44.5. The Morgan fingerprint density at radius 1 is 1.06 bits per heavy atom. The zero-order chi connectivity index (χ0) is 25.4. The molecule has 2 aromatic rings. The van der Waals surface area contributed by atoms with Gasteiger partial charge >= 0.3 is 6.18 Å². The van der Waals surface area contributed by atoms with E-state index in [0.29, 0.717) is 5.56 Å². The molecular weight excluding hydrogens is 459 g/mol. The molecule has 2 amide bonds. The number of amides is 2. The highest BCUT2D eigenvalue weighted by atomic mass is 19.4. The standard InChI is InChI=1S/C26H26F3N3O3/c1-24(2)13-19-22(20(33)14-24)25(26(27,28)29,23(35)32(19)16-18-9-6-12-30-15-18)31-21(34)11-10-17-7-4-3-5-8-17/h3-9,12,15H,10-11,13-14,16H2,1-2H3,(H,31,34)/t25-/m0/s1. The average molecular weight is 486 g/mol. The lowest BCUT2D eigenvalue weighted by Crippen LogP contribution is -2.66. The van der Waals surface area contributed by atoms with Gasteiger partial charge in [-0.05, 0) is 35.4 Å². The van der Waals surface area contributed by atoms with E-state index in [1.54, 1.807) is 56.3 Å². The number of alkyl halides is 3. The Balaban J connectivity index is 1.74. The van der Waals surface area contributed by atoms with Crippen molar-refractivity contribution < 1.29 is 27.6 Å². The number of hydrogen-bond donors (Lipinski definition) is 1. The van der Waals surface area contributed by atoms with Gasteiger partial charge in [0.1, 0.15) is 0 Å². The van der Waals surface area contributed by atoms with Crippen LogP contribution in [0.2, 0.25) is 0 Å². The SMILES string of the molecule is CC1(C)CC(=O)C2=C(C1)N(Cc1cccnc1)C(=O)[C@]2(NC(=O)CCc1ccccc1)C(F)(F)F. The predicted octanol–water partition coefficient (Wildman–Crippen LogP) is 4.12. The van der Waals surface area contributed by atoms with Crippen molar-refractivity contribution in [2.45, 2.75) is 57.8 Å². The van der Waals surface area contributed by atoms with Gasteiger partial charge in [0.05, 0.1) is 12.1 Å². The Bertz CT molecular complexity index is 1180. The summed E-state index contributed by atoms with van der Waals surface area (Å²) in [6.07, 6.45) is -2.38. The van der Waals surface area contributed by atoms with E-state index in [1.165, 1.54) is 12.4 Å². The van der Waals surface area contributed by atoms with Gasteiger partial charge in [-0.3, -0.25) is 19.4 Å². The van der Waals surface area contributed by atoms with Crippen molar-refractivity contribution in [3.8, 4) is 0 Å². The minimum Gasteiger partial charge on any atom is -0.330 e. The first kappa shape index (κ1) is 24.6. The van der Waals surface area contributed by atoms with Crippen LogP contribution in [0.3, 0.4) is 0 Å². The van der Waals surface area contributed by atoms with Gasteiger partial charge in [0.15, 0.2) is 5.78 Å². The van der Waals surface area contributed by atoms with Gasteiger partial charge < -0.3 is 10.2 Å². The Morgan fingerprint density at radius 3 is 2.37 bits per heavy atom. The number of benzene rings is 1. The van der Waals surface area contributed by atoms with E-state index in [9.17, 15) is 27.6 Å². The molecule has 1 aromatic carbocycles. The van der Waals surface area contributed by atoms with Crippen LogP contribution < -0.4 is 5.32 Å². The summed E-state index contributed by atoms with van der Waals surface area (Å²) in [7, 11) is 0. The first-order valence-electron chi connectivity index (χ1n) is 11.3. The second kappa shape index (κ2) is 8.94. The fourth-order valence-corrected chi connectivity index (χ4v) is 4.84. The van der Waals surface area contributed by atoms with E-state index in [4.69, 9.17) is 0 Å². The van der Waals surface area contributed by atoms with Crippen molar-refractivity contribution in [3.63, 3.8) is 0 Å². The quantitative estimate of drug-likeness (QED) is 0.668. The van der Waals surface area contributed by atoms with Crippen LogP contribution in [0.1, 0.15) is 44.2 Å². The topological polar surface area (TPSA) is 79.4 Å². The van der Waals surface area contributed by atoms with Gasteiger partial charge in [0.25, 0.3) is 5.91 Å². The highest BCUT2D eigenvalue weighted by molar-refractivity contribution is 6.13. The molecule has 0 saturated carbocycles. The predicted molar refractivity (Wildman–Crippen MR) is 122 cm³/mol. The molecule has 0 saturated heterocycles. The maximum absolute atomic E-state index is 14.8. The summed E-state index contributed by atoms with van der Waals surface area (Å²) in [5.41, 5.74) is -3.41. The number of nitrogens with zero attached hydrogens (tertiary/aromatic N) is 2. The van der Waals surface area contributed by atoms with Crippen LogP contribution >= 0.6 is 0 Å². The number of nitrogens with one attached hydrogen (secondary N) is 1. The van der Waals surface area contributed by atoms with Crippen LogP contribution in [-0.2, 0) is 27.3 Å². The molecule has 0 bridgehead atoms. The number of hydrogen-bond acceptors (Lipinski definition) is 4. The molecule has 4 rings (SSSR count). The first-order chi connectivity index (χ1) is 16.4. The molecule has 0 radical (unpaired) electrons. The number of ketones is 1. The van der Waals surface area contributed by atoms with Gasteiger partial charge in [-0.1, -0.05) is 50.2 Å². The third kappa shape index (κ3) is 4.59. The molecule has 2 aliphatic rings. The van der Waals surface area contributed by atoms with E-state index >= 15 is 0 Å². The molecule has 1 aliphatic carbocycles. The molecule has 6 nitrogen and oxygen atoms in total. The Kier molecular flexibility index (Phi) is 6.29. The minimum atomic E-state index is -5.21. The van der Waals surface area contributed by atoms with Gasteiger partial charge in [0.2, 0.25) is 11.4 Å². The molecule has 184 valence electrons. The van der Waals surface area contributed by atoms with Crippen LogP contribution in [0.4, 0.5) is 13.2 Å². The number of aromatic nitrogens is 1. The van der Waals surface area contributed by atoms with Crippen LogP contribution in [-0.4, -0.2) is 39.2 Å². The highest BCUT2D eigenvalue weighted by Gasteiger charge is 2.71.